The molecule has 0 unspecified atom stereocenters. The number of hydrogen-bond acceptors (Lipinski definition) is 1. The van der Waals surface area contributed by atoms with Crippen molar-refractivity contribution >= 4 is 57.0 Å². The van der Waals surface area contributed by atoms with Crippen LogP contribution in [0.3, 0.4) is 0 Å². The van der Waals surface area contributed by atoms with Crippen LogP contribution in [0, 0.1) is 0 Å². The minimum Gasteiger partial charge on any atom is -0.341 e. The number of benzene rings is 5. The van der Waals surface area contributed by atoms with Gasteiger partial charge in [0.05, 0.1) is 0 Å². The topological polar surface area (TPSA) is 22.0 Å². The highest BCUT2D eigenvalue weighted by atomic mass is 31.2. The van der Waals surface area contributed by atoms with E-state index in [1.54, 1.807) is 0 Å². The van der Waals surface area contributed by atoms with Gasteiger partial charge in [0.25, 0.3) is 0 Å². The molecule has 0 bridgehead atoms. The molecule has 37 heavy (non-hydrogen) atoms. The van der Waals surface area contributed by atoms with Crippen molar-refractivity contribution in [3.05, 3.63) is 139 Å². The molecule has 0 atom stereocenters. The monoisotopic (exact) mass is 497 g/mol. The summed E-state index contributed by atoms with van der Waals surface area (Å²) in [4.78, 5) is 0. The Labute approximate surface area is 217 Å². The van der Waals surface area contributed by atoms with Crippen LogP contribution in [0.2, 0.25) is 0 Å². The third-order valence-electron chi connectivity index (χ3n) is 7.08. The van der Waals surface area contributed by atoms with Gasteiger partial charge in [0.2, 0.25) is 0 Å². The minimum absolute atomic E-state index is 0.843. The molecule has 1 aromatic heterocycles. The quantitative estimate of drug-likeness (QED) is 0.171. The lowest BCUT2D eigenvalue weighted by Crippen LogP contribution is -2.24. The molecule has 0 saturated heterocycles. The molecule has 0 aliphatic heterocycles. The highest BCUT2D eigenvalue weighted by Gasteiger charge is 2.29. The molecule has 0 amide bonds. The maximum atomic E-state index is 14.5. The van der Waals surface area contributed by atoms with E-state index in [0.717, 1.165) is 33.6 Å². The second-order valence-electron chi connectivity index (χ2n) is 9.24. The van der Waals surface area contributed by atoms with Gasteiger partial charge >= 0.3 is 0 Å². The van der Waals surface area contributed by atoms with Crippen molar-refractivity contribution in [1.29, 1.82) is 0 Å². The Morgan fingerprint density at radius 1 is 0.568 bits per heavy atom. The van der Waals surface area contributed by atoms with Crippen molar-refractivity contribution in [2.75, 3.05) is 0 Å². The molecule has 0 radical (unpaired) electrons. The zero-order chi connectivity index (χ0) is 25.2. The summed E-state index contributed by atoms with van der Waals surface area (Å²) < 4.78 is 16.9. The van der Waals surface area contributed by atoms with Crippen LogP contribution in [0.15, 0.2) is 127 Å². The summed E-state index contributed by atoms with van der Waals surface area (Å²) >= 11 is 0. The van der Waals surface area contributed by atoms with Crippen molar-refractivity contribution in [1.82, 2.24) is 4.57 Å². The first kappa shape index (κ1) is 23.3. The third-order valence-corrected chi connectivity index (χ3v) is 10.2. The van der Waals surface area contributed by atoms with Crippen LogP contribution < -0.4 is 15.9 Å². The predicted molar refractivity (Wildman–Crippen MR) is 160 cm³/mol. The Kier molecular flexibility index (Phi) is 6.12. The molecule has 0 aliphatic rings. The van der Waals surface area contributed by atoms with Crippen LogP contribution in [0.4, 0.5) is 0 Å². The molecule has 180 valence electrons. The Balaban J connectivity index is 1.34. The molecule has 0 spiro atoms. The molecule has 5 aromatic carbocycles. The predicted octanol–water partition coefficient (Wildman–Crippen LogP) is 7.62. The normalized spacial score (nSPS) is 12.0. The number of aromatic nitrogens is 1. The first-order chi connectivity index (χ1) is 18.2. The third kappa shape index (κ3) is 4.14. The number of para-hydroxylation sites is 1. The molecule has 6 aromatic rings. The van der Waals surface area contributed by atoms with Crippen LogP contribution in [0.5, 0.6) is 0 Å². The second kappa shape index (κ2) is 9.73. The largest absolute Gasteiger partial charge is 0.341 e. The van der Waals surface area contributed by atoms with Gasteiger partial charge in [-0.25, -0.2) is 0 Å². The molecular weight excluding hydrogens is 469 g/mol. The molecule has 3 heteroatoms. The van der Waals surface area contributed by atoms with Crippen LogP contribution in [0.1, 0.15) is 18.1 Å². The van der Waals surface area contributed by atoms with Gasteiger partial charge in [-0.05, 0) is 36.2 Å². The molecule has 0 saturated carbocycles. The van der Waals surface area contributed by atoms with Crippen LogP contribution in [0.25, 0.3) is 34.0 Å². The van der Waals surface area contributed by atoms with Crippen molar-refractivity contribution in [3.8, 4) is 0 Å². The molecule has 0 aliphatic carbocycles. The van der Waals surface area contributed by atoms with E-state index >= 15 is 0 Å². The maximum Gasteiger partial charge on any atom is 0.171 e. The lowest BCUT2D eigenvalue weighted by Gasteiger charge is -2.20. The number of rotatable bonds is 6. The summed E-state index contributed by atoms with van der Waals surface area (Å²) in [5.74, 6) is 0. The second-order valence-corrected chi connectivity index (χ2v) is 12.0. The fourth-order valence-electron chi connectivity index (χ4n) is 5.23. The van der Waals surface area contributed by atoms with Crippen LogP contribution in [-0.2, 0) is 11.1 Å². The Morgan fingerprint density at radius 3 is 1.73 bits per heavy atom. The number of nitrogens with zero attached hydrogens (tertiary/aromatic N) is 1. The SMILES string of the molecule is CCn1c2ccccc2c2cc(/C=C/c3ccc(P(=O)(c4ccccc4)c4ccccc4)cc3)ccc21. The molecular formula is C34H28NOP. The van der Waals surface area contributed by atoms with Crippen molar-refractivity contribution in [2.45, 2.75) is 13.5 Å². The highest BCUT2D eigenvalue weighted by Crippen LogP contribution is 2.42. The van der Waals surface area contributed by atoms with E-state index < -0.39 is 7.14 Å². The van der Waals surface area contributed by atoms with E-state index in [1.807, 2.05) is 72.8 Å². The van der Waals surface area contributed by atoms with Gasteiger partial charge in [-0.15, -0.1) is 0 Å². The minimum atomic E-state index is -2.95. The van der Waals surface area contributed by atoms with Gasteiger partial charge in [0.15, 0.2) is 7.14 Å². The standard InChI is InChI=1S/C34H28NOP/c1-2-35-33-16-10-9-15-31(33)32-25-27(21-24-34(32)35)18-17-26-19-22-30(23-20-26)37(36,28-11-5-3-6-12-28)29-13-7-4-8-14-29/h3-25H,2H2,1H3/b18-17+. The molecule has 0 N–H and O–H groups in total. The fourth-order valence-corrected chi connectivity index (χ4v) is 7.87. The van der Waals surface area contributed by atoms with Gasteiger partial charge in [0, 0.05) is 44.3 Å². The van der Waals surface area contributed by atoms with Crippen LogP contribution >= 0.6 is 7.14 Å². The maximum absolute atomic E-state index is 14.5. The average molecular weight is 498 g/mol. The summed E-state index contributed by atoms with van der Waals surface area (Å²) in [7, 11) is -2.95. The lowest BCUT2D eigenvalue weighted by molar-refractivity contribution is 0.592. The summed E-state index contributed by atoms with van der Waals surface area (Å²) in [5, 5.41) is 5.11. The Bertz CT molecular complexity index is 1720. The average Bonchev–Trinajstić information content (AvgIpc) is 3.30. The molecule has 1 heterocycles. The van der Waals surface area contributed by atoms with Gasteiger partial charge in [-0.1, -0.05) is 121 Å². The molecule has 6 rings (SSSR count). The lowest BCUT2D eigenvalue weighted by atomic mass is 10.1. The van der Waals surface area contributed by atoms with E-state index in [9.17, 15) is 4.57 Å². The van der Waals surface area contributed by atoms with Gasteiger partial charge in [-0.2, -0.15) is 0 Å². The summed E-state index contributed by atoms with van der Waals surface area (Å²) in [6, 6.07) is 43.0. The van der Waals surface area contributed by atoms with Gasteiger partial charge in [0.1, 0.15) is 0 Å². The van der Waals surface area contributed by atoms with Crippen molar-refractivity contribution in [2.24, 2.45) is 0 Å². The van der Waals surface area contributed by atoms with E-state index in [-0.39, 0.29) is 0 Å². The Morgan fingerprint density at radius 2 is 1.08 bits per heavy atom. The smallest absolute Gasteiger partial charge is 0.171 e. The number of hydrogen-bond donors (Lipinski definition) is 0. The van der Waals surface area contributed by atoms with E-state index in [0.29, 0.717) is 0 Å². The summed E-state index contributed by atoms with van der Waals surface area (Å²) in [5.41, 5.74) is 4.78. The molecule has 0 fully saturated rings. The first-order valence-electron chi connectivity index (χ1n) is 12.7. The van der Waals surface area contributed by atoms with Gasteiger partial charge in [-0.3, -0.25) is 0 Å². The van der Waals surface area contributed by atoms with Gasteiger partial charge < -0.3 is 9.13 Å². The first-order valence-corrected chi connectivity index (χ1v) is 14.4. The van der Waals surface area contributed by atoms with E-state index in [1.165, 1.54) is 21.8 Å². The summed E-state index contributed by atoms with van der Waals surface area (Å²) in [6.45, 7) is 3.14. The Hall–Kier alpha value is -4.13. The van der Waals surface area contributed by atoms with Crippen molar-refractivity contribution < 1.29 is 4.57 Å². The number of fused-ring (bicyclic) bond motifs is 3. The van der Waals surface area contributed by atoms with Crippen molar-refractivity contribution in [3.63, 3.8) is 0 Å². The van der Waals surface area contributed by atoms with Crippen LogP contribution in [-0.4, -0.2) is 4.57 Å². The highest BCUT2D eigenvalue weighted by molar-refractivity contribution is 7.85. The summed E-state index contributed by atoms with van der Waals surface area (Å²) in [6.07, 6.45) is 4.28. The zero-order valence-corrected chi connectivity index (χ0v) is 21.7. The zero-order valence-electron chi connectivity index (χ0n) is 20.8. The number of aryl methyl sites for hydroxylation is 1. The van der Waals surface area contributed by atoms with E-state index in [4.69, 9.17) is 0 Å². The molecule has 2 nitrogen and oxygen atoms in total. The fraction of sp³-hybridized carbons (Fsp3) is 0.0588. The van der Waals surface area contributed by atoms with E-state index in [2.05, 4.69) is 78.2 Å².